The second-order valence-electron chi connectivity index (χ2n) is 17.7. The predicted octanol–water partition coefficient (Wildman–Crippen LogP) is 11.1. The molecule has 0 saturated carbocycles. The third-order valence-corrected chi connectivity index (χ3v) is 20.1. The fraction of sp³-hybridized carbons (Fsp3) is 0.690. The van der Waals surface area contributed by atoms with Gasteiger partial charge in [0, 0.05) is 18.9 Å². The van der Waals surface area contributed by atoms with Gasteiger partial charge in [0.1, 0.15) is 6.10 Å². The summed E-state index contributed by atoms with van der Waals surface area (Å²) >= 11 is 0. The molecule has 3 heterocycles. The van der Waals surface area contributed by atoms with Crippen LogP contribution >= 0.6 is 0 Å². The standard InChI is InChI=1S/C42H70O6Si2/c1-32-17-13-18-34-19-14-20-35(45-34)21-16-24-40(43)46-37(22-15-23-38(30-32)47-49(9,10)41(3,4)5)31-39(48-50(11,12)42(6,7)8)26-25-36-29-33(2)27-28-44-36/h14-16,20,23-27,34-39H,1,13,17-19,21-22,28-31H2,2-12H3. The average Bonchev–Trinajstić information content (AvgIpc) is 2.98. The van der Waals surface area contributed by atoms with Crippen molar-refractivity contribution in [3.05, 3.63) is 72.4 Å². The zero-order valence-corrected chi connectivity index (χ0v) is 35.4. The highest BCUT2D eigenvalue weighted by Crippen LogP contribution is 2.39. The van der Waals surface area contributed by atoms with Crippen LogP contribution in [0.2, 0.25) is 36.3 Å². The molecule has 8 heteroatoms. The summed E-state index contributed by atoms with van der Waals surface area (Å²) in [6, 6.07) is 0. The van der Waals surface area contributed by atoms with Crippen molar-refractivity contribution in [3.63, 3.8) is 0 Å². The molecule has 6 nitrogen and oxygen atoms in total. The Morgan fingerprint density at radius 3 is 2.34 bits per heavy atom. The lowest BCUT2D eigenvalue weighted by molar-refractivity contribution is -0.143. The van der Waals surface area contributed by atoms with Gasteiger partial charge in [0.05, 0.1) is 37.1 Å². The van der Waals surface area contributed by atoms with E-state index in [-0.39, 0.29) is 52.7 Å². The van der Waals surface area contributed by atoms with Crippen molar-refractivity contribution < 1.29 is 27.9 Å². The molecule has 2 bridgehead atoms. The van der Waals surface area contributed by atoms with Gasteiger partial charge in [-0.3, -0.25) is 0 Å². The van der Waals surface area contributed by atoms with Gasteiger partial charge in [-0.25, -0.2) is 4.79 Å². The number of carbonyl (C=O) groups is 1. The van der Waals surface area contributed by atoms with Crippen molar-refractivity contribution in [2.75, 3.05) is 6.61 Å². The number of cyclic esters (lactones) is 1. The minimum absolute atomic E-state index is 0.0122. The molecular weight excluding hydrogens is 657 g/mol. The monoisotopic (exact) mass is 726 g/mol. The molecular formula is C42H70O6Si2. The molecule has 0 aromatic carbocycles. The van der Waals surface area contributed by atoms with E-state index in [1.54, 1.807) is 6.08 Å². The predicted molar refractivity (Wildman–Crippen MR) is 213 cm³/mol. The average molecular weight is 727 g/mol. The molecule has 0 aromatic heterocycles. The van der Waals surface area contributed by atoms with E-state index >= 15 is 0 Å². The smallest absolute Gasteiger partial charge is 0.330 e. The minimum Gasteiger partial charge on any atom is -0.459 e. The molecule has 6 atom stereocenters. The van der Waals surface area contributed by atoms with E-state index in [1.165, 1.54) is 11.1 Å². The van der Waals surface area contributed by atoms with Crippen LogP contribution in [-0.2, 0) is 27.9 Å². The van der Waals surface area contributed by atoms with Gasteiger partial charge >= 0.3 is 5.97 Å². The van der Waals surface area contributed by atoms with Crippen LogP contribution in [-0.4, -0.2) is 65.8 Å². The molecule has 0 aliphatic carbocycles. The minimum atomic E-state index is -2.15. The van der Waals surface area contributed by atoms with Crippen molar-refractivity contribution >= 4 is 22.6 Å². The van der Waals surface area contributed by atoms with Crippen LogP contribution in [0.5, 0.6) is 0 Å². The van der Waals surface area contributed by atoms with Gasteiger partial charge in [0.25, 0.3) is 0 Å². The summed E-state index contributed by atoms with van der Waals surface area (Å²) < 4.78 is 32.6. The normalized spacial score (nSPS) is 27.8. The first kappa shape index (κ1) is 42.6. The molecule has 3 rings (SSSR count). The van der Waals surface area contributed by atoms with Gasteiger partial charge < -0.3 is 23.1 Å². The first-order valence-corrected chi connectivity index (χ1v) is 24.9. The van der Waals surface area contributed by atoms with Crippen molar-refractivity contribution in [3.8, 4) is 0 Å². The van der Waals surface area contributed by atoms with E-state index < -0.39 is 16.6 Å². The van der Waals surface area contributed by atoms with E-state index in [4.69, 9.17) is 23.1 Å². The number of hydrogen-bond donors (Lipinski definition) is 0. The van der Waals surface area contributed by atoms with Crippen molar-refractivity contribution in [1.29, 1.82) is 0 Å². The number of carbonyl (C=O) groups excluding carboxylic acids is 1. The number of hydrogen-bond acceptors (Lipinski definition) is 6. The van der Waals surface area contributed by atoms with Crippen LogP contribution in [0.3, 0.4) is 0 Å². The van der Waals surface area contributed by atoms with Gasteiger partial charge in [-0.1, -0.05) is 108 Å². The number of ether oxygens (including phenoxy) is 3. The molecule has 3 aliphatic rings. The lowest BCUT2D eigenvalue weighted by atomic mass is 9.99. The Kier molecular flexibility index (Phi) is 16.0. The van der Waals surface area contributed by atoms with E-state index in [0.29, 0.717) is 25.9 Å². The Morgan fingerprint density at radius 1 is 0.960 bits per heavy atom. The van der Waals surface area contributed by atoms with Crippen molar-refractivity contribution in [1.82, 2.24) is 0 Å². The third-order valence-electron chi connectivity index (χ3n) is 11.1. The van der Waals surface area contributed by atoms with Crippen molar-refractivity contribution in [2.24, 2.45) is 0 Å². The highest BCUT2D eigenvalue weighted by Gasteiger charge is 2.40. The van der Waals surface area contributed by atoms with E-state index in [2.05, 4.69) is 124 Å². The summed E-state index contributed by atoms with van der Waals surface area (Å²) in [5.74, 6) is -0.338. The topological polar surface area (TPSA) is 63.2 Å². The molecule has 6 unspecified atom stereocenters. The summed E-state index contributed by atoms with van der Waals surface area (Å²) in [6.45, 7) is 30.0. The fourth-order valence-corrected chi connectivity index (χ4v) is 8.48. The summed E-state index contributed by atoms with van der Waals surface area (Å²) in [5.41, 5.74) is 2.54. The molecule has 3 aliphatic heterocycles. The molecule has 282 valence electrons. The van der Waals surface area contributed by atoms with E-state index in [1.807, 2.05) is 6.08 Å². The third kappa shape index (κ3) is 14.3. The van der Waals surface area contributed by atoms with Gasteiger partial charge in [0.15, 0.2) is 16.6 Å². The Labute approximate surface area is 307 Å². The summed E-state index contributed by atoms with van der Waals surface area (Å²) in [5, 5.41) is 0.112. The van der Waals surface area contributed by atoms with Gasteiger partial charge in [-0.15, -0.1) is 0 Å². The molecule has 50 heavy (non-hydrogen) atoms. The molecule has 0 aromatic rings. The molecule has 0 radical (unpaired) electrons. The summed E-state index contributed by atoms with van der Waals surface area (Å²) in [7, 11) is -4.21. The number of rotatable bonds is 8. The Bertz CT molecular complexity index is 1260. The molecule has 0 fully saturated rings. The van der Waals surface area contributed by atoms with Crippen LogP contribution in [0.1, 0.15) is 106 Å². The largest absolute Gasteiger partial charge is 0.459 e. The maximum absolute atomic E-state index is 13.3. The second-order valence-corrected chi connectivity index (χ2v) is 27.3. The molecule has 0 amide bonds. The highest BCUT2D eigenvalue weighted by atomic mass is 28.4. The molecule has 0 spiro atoms. The maximum Gasteiger partial charge on any atom is 0.330 e. The Morgan fingerprint density at radius 2 is 1.66 bits per heavy atom. The first-order valence-electron chi connectivity index (χ1n) is 19.1. The highest BCUT2D eigenvalue weighted by molar-refractivity contribution is 6.74. The summed E-state index contributed by atoms with van der Waals surface area (Å²) in [6.07, 6.45) is 25.3. The van der Waals surface area contributed by atoms with E-state index in [9.17, 15) is 4.79 Å². The quantitative estimate of drug-likeness (QED) is 0.141. The SMILES string of the molecule is C=C1CCCC2CC=CC(CC=CC(=O)OC(CC(C=CC3CC(C)=CCO3)O[Si](C)(C)C(C)(C)C)CC=CC(O[Si](C)(C)C(C)(C)C)C1)O2. The Balaban J connectivity index is 1.93. The van der Waals surface area contributed by atoms with Crippen LogP contribution in [0.15, 0.2) is 72.4 Å². The number of fused-ring (bicyclic) bond motifs is 2. The second kappa shape index (κ2) is 18.8. The van der Waals surface area contributed by atoms with Gasteiger partial charge in [-0.2, -0.15) is 0 Å². The van der Waals surface area contributed by atoms with Gasteiger partial charge in [0.2, 0.25) is 0 Å². The maximum atomic E-state index is 13.3. The lowest BCUT2D eigenvalue weighted by Crippen LogP contribution is -2.44. The zero-order chi connectivity index (χ0) is 37.2. The number of esters is 1. The first-order chi connectivity index (χ1) is 23.2. The van der Waals surface area contributed by atoms with Crippen LogP contribution < -0.4 is 0 Å². The van der Waals surface area contributed by atoms with Crippen LogP contribution in [0.4, 0.5) is 0 Å². The van der Waals surface area contributed by atoms with E-state index in [0.717, 1.165) is 38.5 Å². The van der Waals surface area contributed by atoms with Crippen LogP contribution in [0.25, 0.3) is 0 Å². The fourth-order valence-electron chi connectivity index (χ4n) is 5.92. The summed E-state index contributed by atoms with van der Waals surface area (Å²) in [4.78, 5) is 13.3. The molecule has 0 saturated heterocycles. The Hall–Kier alpha value is -1.82. The zero-order valence-electron chi connectivity index (χ0n) is 33.4. The molecule has 0 N–H and O–H groups in total. The lowest BCUT2D eigenvalue weighted by Gasteiger charge is -2.39. The van der Waals surface area contributed by atoms with Crippen molar-refractivity contribution in [2.45, 2.75) is 179 Å². The van der Waals surface area contributed by atoms with Crippen LogP contribution in [0, 0.1) is 0 Å². The van der Waals surface area contributed by atoms with Gasteiger partial charge in [-0.05, 0) is 88.1 Å².